The lowest BCUT2D eigenvalue weighted by Gasteiger charge is -2.14. The molecule has 0 aliphatic heterocycles. The maximum atomic E-state index is 12.8. The molecule has 2 aromatic rings. The summed E-state index contributed by atoms with van der Waals surface area (Å²) in [5, 5.41) is 6.90. The van der Waals surface area contributed by atoms with Crippen molar-refractivity contribution < 1.29 is 4.39 Å². The number of rotatable bonds is 4. The molecule has 0 aliphatic rings. The van der Waals surface area contributed by atoms with E-state index < -0.39 is 0 Å². The average Bonchev–Trinajstić information content (AvgIpc) is 2.58. The third-order valence-electron chi connectivity index (χ3n) is 2.95. The van der Waals surface area contributed by atoms with Gasteiger partial charge in [0.2, 0.25) is 0 Å². The number of thiocarbonyl (C=S) groups is 2. The molecule has 4 nitrogen and oxygen atoms in total. The first-order valence-electron chi connectivity index (χ1n) is 6.99. The summed E-state index contributed by atoms with van der Waals surface area (Å²) in [5.74, 6) is -0.258. The maximum Gasteiger partial charge on any atom is 0.185 e. The summed E-state index contributed by atoms with van der Waals surface area (Å²) in [6.07, 6.45) is 0. The molecule has 0 heterocycles. The second-order valence-corrected chi connectivity index (χ2v) is 5.54. The summed E-state index contributed by atoms with van der Waals surface area (Å²) >= 11 is 10.3. The van der Waals surface area contributed by atoms with Crippen LogP contribution in [0.2, 0.25) is 0 Å². The van der Waals surface area contributed by atoms with Crippen molar-refractivity contribution in [3.8, 4) is 0 Å². The Kier molecular flexibility index (Phi) is 6.71. The zero-order valence-electron chi connectivity index (χ0n) is 12.3. The summed E-state index contributed by atoms with van der Waals surface area (Å²) in [7, 11) is 0. The van der Waals surface area contributed by atoms with Gasteiger partial charge in [-0.2, -0.15) is 0 Å². The first-order valence-corrected chi connectivity index (χ1v) is 7.81. The van der Waals surface area contributed by atoms with Gasteiger partial charge in [0.05, 0.1) is 0 Å². The van der Waals surface area contributed by atoms with Gasteiger partial charge in [0.25, 0.3) is 0 Å². The van der Waals surface area contributed by atoms with Crippen molar-refractivity contribution in [3.63, 3.8) is 0 Å². The van der Waals surface area contributed by atoms with Gasteiger partial charge in [0.15, 0.2) is 10.2 Å². The lowest BCUT2D eigenvalue weighted by Crippen LogP contribution is -2.49. The van der Waals surface area contributed by atoms with Gasteiger partial charge in [-0.1, -0.05) is 42.5 Å². The highest BCUT2D eigenvalue weighted by Gasteiger charge is 1.99. The predicted molar refractivity (Wildman–Crippen MR) is 98.0 cm³/mol. The van der Waals surface area contributed by atoms with Crippen molar-refractivity contribution in [3.05, 3.63) is 71.5 Å². The zero-order valence-corrected chi connectivity index (χ0v) is 13.9. The number of nitrogens with one attached hydrogen (secondary N) is 4. The van der Waals surface area contributed by atoms with Crippen molar-refractivity contribution >= 4 is 34.7 Å². The minimum Gasteiger partial charge on any atom is -0.357 e. The van der Waals surface area contributed by atoms with E-state index in [1.54, 1.807) is 12.1 Å². The van der Waals surface area contributed by atoms with E-state index in [2.05, 4.69) is 21.5 Å². The molecule has 0 fully saturated rings. The molecular formula is C16H17FN4S2. The van der Waals surface area contributed by atoms with Crippen molar-refractivity contribution in [1.29, 1.82) is 0 Å². The van der Waals surface area contributed by atoms with E-state index in [0.717, 1.165) is 11.1 Å². The minimum absolute atomic E-state index is 0.258. The molecule has 0 saturated heterocycles. The Bertz CT molecular complexity index is 647. The molecule has 7 heteroatoms. The Morgan fingerprint density at radius 2 is 1.22 bits per heavy atom. The molecule has 0 unspecified atom stereocenters. The zero-order chi connectivity index (χ0) is 16.5. The third-order valence-corrected chi connectivity index (χ3v) is 3.44. The van der Waals surface area contributed by atoms with E-state index >= 15 is 0 Å². The minimum atomic E-state index is -0.258. The van der Waals surface area contributed by atoms with Crippen LogP contribution in [0.1, 0.15) is 11.1 Å². The van der Waals surface area contributed by atoms with Crippen LogP contribution in [0, 0.1) is 5.82 Å². The normalized spacial score (nSPS) is 9.78. The molecule has 0 atom stereocenters. The van der Waals surface area contributed by atoms with Gasteiger partial charge >= 0.3 is 0 Å². The average molecular weight is 348 g/mol. The largest absolute Gasteiger partial charge is 0.357 e. The molecule has 2 aromatic carbocycles. The highest BCUT2D eigenvalue weighted by atomic mass is 32.1. The van der Waals surface area contributed by atoms with Crippen LogP contribution in [0.25, 0.3) is 0 Å². The van der Waals surface area contributed by atoms with Crippen LogP contribution in [0.5, 0.6) is 0 Å². The van der Waals surface area contributed by atoms with Crippen molar-refractivity contribution in [2.24, 2.45) is 0 Å². The summed E-state index contributed by atoms with van der Waals surface area (Å²) in [5.41, 5.74) is 7.66. The van der Waals surface area contributed by atoms with Crippen LogP contribution in [-0.2, 0) is 13.1 Å². The van der Waals surface area contributed by atoms with E-state index in [1.807, 2.05) is 30.3 Å². The Morgan fingerprint density at radius 3 is 1.74 bits per heavy atom. The number of hydrogen-bond donors (Lipinski definition) is 4. The Balaban J connectivity index is 1.63. The molecule has 0 saturated carbocycles. The van der Waals surface area contributed by atoms with Gasteiger partial charge in [-0.15, -0.1) is 0 Å². The monoisotopic (exact) mass is 348 g/mol. The molecule has 2 rings (SSSR count). The second kappa shape index (κ2) is 9.02. The van der Waals surface area contributed by atoms with Crippen molar-refractivity contribution in [1.82, 2.24) is 21.5 Å². The number of hydrogen-bond acceptors (Lipinski definition) is 2. The number of hydrazine groups is 1. The molecule has 0 radical (unpaired) electrons. The fraction of sp³-hybridized carbons (Fsp3) is 0.125. The van der Waals surface area contributed by atoms with Crippen LogP contribution >= 0.6 is 24.4 Å². The lowest BCUT2D eigenvalue weighted by atomic mass is 10.2. The van der Waals surface area contributed by atoms with Crippen LogP contribution in [-0.4, -0.2) is 10.2 Å². The quantitative estimate of drug-likeness (QED) is 0.503. The molecular weight excluding hydrogens is 331 g/mol. The van der Waals surface area contributed by atoms with Gasteiger partial charge in [-0.25, -0.2) is 4.39 Å². The fourth-order valence-corrected chi connectivity index (χ4v) is 2.01. The van der Waals surface area contributed by atoms with Gasteiger partial charge in [0, 0.05) is 13.1 Å². The van der Waals surface area contributed by atoms with Crippen LogP contribution in [0.15, 0.2) is 54.6 Å². The lowest BCUT2D eigenvalue weighted by molar-refractivity contribution is 0.626. The maximum absolute atomic E-state index is 12.8. The summed E-state index contributed by atoms with van der Waals surface area (Å²) in [4.78, 5) is 0. The van der Waals surface area contributed by atoms with Crippen LogP contribution < -0.4 is 21.5 Å². The first kappa shape index (κ1) is 17.1. The molecule has 0 aromatic heterocycles. The molecule has 120 valence electrons. The van der Waals surface area contributed by atoms with E-state index in [0.29, 0.717) is 23.3 Å². The highest BCUT2D eigenvalue weighted by Crippen LogP contribution is 2.01. The summed E-state index contributed by atoms with van der Waals surface area (Å²) in [6, 6.07) is 16.2. The third kappa shape index (κ3) is 6.58. The van der Waals surface area contributed by atoms with E-state index in [-0.39, 0.29) is 5.82 Å². The standard InChI is InChI=1S/C16H17FN4S2/c17-14-8-6-13(7-9-14)11-19-16(23)21-20-15(22)18-10-12-4-2-1-3-5-12/h1-9H,10-11H2,(H2,18,20,22)(H2,19,21,23). The fourth-order valence-electron chi connectivity index (χ4n) is 1.76. The highest BCUT2D eigenvalue weighted by molar-refractivity contribution is 7.80. The Labute approximate surface area is 145 Å². The first-order chi connectivity index (χ1) is 11.1. The number of benzene rings is 2. The Morgan fingerprint density at radius 1 is 0.739 bits per heavy atom. The van der Waals surface area contributed by atoms with Gasteiger partial charge < -0.3 is 10.6 Å². The van der Waals surface area contributed by atoms with Gasteiger partial charge in [-0.05, 0) is 47.7 Å². The van der Waals surface area contributed by atoms with E-state index in [1.165, 1.54) is 12.1 Å². The van der Waals surface area contributed by atoms with Crippen molar-refractivity contribution in [2.75, 3.05) is 0 Å². The van der Waals surface area contributed by atoms with E-state index in [4.69, 9.17) is 24.4 Å². The molecule has 23 heavy (non-hydrogen) atoms. The smallest absolute Gasteiger partial charge is 0.185 e. The van der Waals surface area contributed by atoms with Gasteiger partial charge in [-0.3, -0.25) is 10.9 Å². The molecule has 0 spiro atoms. The molecule has 0 aliphatic carbocycles. The SMILES string of the molecule is Fc1ccc(CNC(=S)NNC(=S)NCc2ccccc2)cc1. The van der Waals surface area contributed by atoms with E-state index in [9.17, 15) is 4.39 Å². The summed E-state index contributed by atoms with van der Waals surface area (Å²) < 4.78 is 12.8. The second-order valence-electron chi connectivity index (χ2n) is 4.73. The molecule has 4 N–H and O–H groups in total. The summed E-state index contributed by atoms with van der Waals surface area (Å²) in [6.45, 7) is 1.13. The van der Waals surface area contributed by atoms with Crippen molar-refractivity contribution in [2.45, 2.75) is 13.1 Å². The Hall–Kier alpha value is -2.25. The molecule has 0 bridgehead atoms. The van der Waals surface area contributed by atoms with Gasteiger partial charge in [0.1, 0.15) is 5.82 Å². The predicted octanol–water partition coefficient (Wildman–Crippen LogP) is 2.37. The van der Waals surface area contributed by atoms with Crippen LogP contribution in [0.4, 0.5) is 4.39 Å². The number of halogens is 1. The van der Waals surface area contributed by atoms with Crippen LogP contribution in [0.3, 0.4) is 0 Å². The topological polar surface area (TPSA) is 48.1 Å². The molecule has 0 amide bonds.